The van der Waals surface area contributed by atoms with Crippen molar-refractivity contribution in [2.75, 3.05) is 32.8 Å². The van der Waals surface area contributed by atoms with Crippen LogP contribution >= 0.6 is 0 Å². The minimum atomic E-state index is -3.20. The topological polar surface area (TPSA) is 58.6 Å². The Balaban J connectivity index is 1.81. The fourth-order valence-electron chi connectivity index (χ4n) is 3.24. The molecule has 0 saturated carbocycles. The van der Waals surface area contributed by atoms with E-state index in [-0.39, 0.29) is 11.3 Å². The Labute approximate surface area is 123 Å². The predicted molar refractivity (Wildman–Crippen MR) is 80.2 cm³/mol. The Morgan fingerprint density at radius 1 is 1.30 bits per heavy atom. The van der Waals surface area contributed by atoms with Crippen molar-refractivity contribution >= 4 is 10.0 Å². The van der Waals surface area contributed by atoms with E-state index in [0.29, 0.717) is 26.1 Å². The molecular weight excluding hydrogens is 276 g/mol. The van der Waals surface area contributed by atoms with E-state index >= 15 is 0 Å². The number of nitrogens with zero attached hydrogens (tertiary/aromatic N) is 1. The molecule has 118 valence electrons. The summed E-state index contributed by atoms with van der Waals surface area (Å²) in [5.41, 5.74) is 0. The summed E-state index contributed by atoms with van der Waals surface area (Å²) in [6, 6.07) is -0.0202. The van der Waals surface area contributed by atoms with Crippen molar-refractivity contribution in [3.05, 3.63) is 0 Å². The number of rotatable bonds is 5. The highest BCUT2D eigenvalue weighted by Crippen LogP contribution is 2.17. The third-order valence-corrected chi connectivity index (χ3v) is 6.33. The molecule has 0 amide bonds. The van der Waals surface area contributed by atoms with E-state index in [2.05, 4.69) is 16.5 Å². The lowest BCUT2D eigenvalue weighted by Gasteiger charge is -2.33. The van der Waals surface area contributed by atoms with Crippen LogP contribution in [0.4, 0.5) is 0 Å². The predicted octanol–water partition coefficient (Wildman–Crippen LogP) is 1.21. The van der Waals surface area contributed by atoms with Crippen LogP contribution < -0.4 is 4.72 Å². The zero-order valence-electron chi connectivity index (χ0n) is 12.7. The van der Waals surface area contributed by atoms with E-state index in [4.69, 9.17) is 4.74 Å². The normalized spacial score (nSPS) is 28.4. The molecule has 0 aromatic carbocycles. The van der Waals surface area contributed by atoms with Gasteiger partial charge in [-0.3, -0.25) is 0 Å². The van der Waals surface area contributed by atoms with Gasteiger partial charge in [0.25, 0.3) is 0 Å². The van der Waals surface area contributed by atoms with Crippen LogP contribution in [0.3, 0.4) is 0 Å². The molecule has 0 aromatic heterocycles. The maximum absolute atomic E-state index is 12.3. The molecule has 2 aliphatic rings. The van der Waals surface area contributed by atoms with E-state index < -0.39 is 10.0 Å². The molecule has 2 saturated heterocycles. The van der Waals surface area contributed by atoms with Gasteiger partial charge in [-0.2, -0.15) is 0 Å². The van der Waals surface area contributed by atoms with Gasteiger partial charge in [-0.25, -0.2) is 13.1 Å². The van der Waals surface area contributed by atoms with Crippen LogP contribution in [0, 0.1) is 5.92 Å². The summed E-state index contributed by atoms with van der Waals surface area (Å²) >= 11 is 0. The largest absolute Gasteiger partial charge is 0.381 e. The van der Waals surface area contributed by atoms with Crippen molar-refractivity contribution in [1.82, 2.24) is 9.62 Å². The van der Waals surface area contributed by atoms with Crippen LogP contribution in [-0.2, 0) is 14.8 Å². The number of sulfonamides is 1. The lowest BCUT2D eigenvalue weighted by atomic mass is 10.00. The highest BCUT2D eigenvalue weighted by atomic mass is 32.2. The Bertz CT molecular complexity index is 393. The summed E-state index contributed by atoms with van der Waals surface area (Å²) in [5, 5.41) is -0.279. The lowest BCUT2D eigenvalue weighted by Crippen LogP contribution is -2.48. The van der Waals surface area contributed by atoms with Crippen molar-refractivity contribution in [2.45, 2.75) is 50.8 Å². The first-order valence-corrected chi connectivity index (χ1v) is 9.33. The van der Waals surface area contributed by atoms with Gasteiger partial charge in [-0.1, -0.05) is 6.92 Å². The number of hydrogen-bond donors (Lipinski definition) is 1. The summed E-state index contributed by atoms with van der Waals surface area (Å²) < 4.78 is 32.7. The molecule has 0 radical (unpaired) electrons. The molecule has 5 nitrogen and oxygen atoms in total. The Kier molecular flexibility index (Phi) is 5.84. The SMILES string of the molecule is CC1CCCN(CC(C)NS(=O)(=O)C2CCOCC2)C1. The summed E-state index contributed by atoms with van der Waals surface area (Å²) in [6.45, 7) is 8.34. The minimum Gasteiger partial charge on any atom is -0.381 e. The monoisotopic (exact) mass is 304 g/mol. The molecule has 2 rings (SSSR count). The summed E-state index contributed by atoms with van der Waals surface area (Å²) in [5.74, 6) is 0.725. The quantitative estimate of drug-likeness (QED) is 0.829. The first-order chi connectivity index (χ1) is 9.47. The second kappa shape index (κ2) is 7.20. The number of piperidine rings is 1. The molecule has 2 heterocycles. The van der Waals surface area contributed by atoms with Crippen molar-refractivity contribution in [2.24, 2.45) is 5.92 Å². The van der Waals surface area contributed by atoms with E-state index in [9.17, 15) is 8.42 Å². The Morgan fingerprint density at radius 3 is 2.65 bits per heavy atom. The summed E-state index contributed by atoms with van der Waals surface area (Å²) in [7, 11) is -3.20. The smallest absolute Gasteiger partial charge is 0.214 e. The van der Waals surface area contributed by atoms with Gasteiger partial charge in [0.05, 0.1) is 5.25 Å². The van der Waals surface area contributed by atoms with Crippen LogP contribution in [-0.4, -0.2) is 57.5 Å². The standard InChI is InChI=1S/C14H28N2O3S/c1-12-4-3-7-16(10-12)11-13(2)15-20(17,18)14-5-8-19-9-6-14/h12-15H,3-11H2,1-2H3. The molecule has 2 aliphatic heterocycles. The number of ether oxygens (including phenoxy) is 1. The molecule has 0 bridgehead atoms. The van der Waals surface area contributed by atoms with Gasteiger partial charge in [-0.15, -0.1) is 0 Å². The number of hydrogen-bond acceptors (Lipinski definition) is 4. The van der Waals surface area contributed by atoms with Gasteiger partial charge in [0.2, 0.25) is 10.0 Å². The molecular formula is C14H28N2O3S. The van der Waals surface area contributed by atoms with Gasteiger partial charge in [-0.05, 0) is 45.1 Å². The third kappa shape index (κ3) is 4.69. The molecule has 6 heteroatoms. The Morgan fingerprint density at radius 2 is 2.00 bits per heavy atom. The molecule has 20 heavy (non-hydrogen) atoms. The summed E-state index contributed by atoms with van der Waals surface area (Å²) in [4.78, 5) is 2.38. The second-order valence-electron chi connectivity index (χ2n) is 6.38. The lowest BCUT2D eigenvalue weighted by molar-refractivity contribution is 0.0980. The molecule has 1 N–H and O–H groups in total. The van der Waals surface area contributed by atoms with Crippen molar-refractivity contribution in [3.8, 4) is 0 Å². The molecule has 2 unspecified atom stereocenters. The fourth-order valence-corrected chi connectivity index (χ4v) is 4.88. The fraction of sp³-hybridized carbons (Fsp3) is 1.00. The van der Waals surface area contributed by atoms with Crippen molar-refractivity contribution in [3.63, 3.8) is 0 Å². The number of nitrogens with one attached hydrogen (secondary N) is 1. The van der Waals surface area contributed by atoms with Gasteiger partial charge >= 0.3 is 0 Å². The molecule has 0 aliphatic carbocycles. The van der Waals surface area contributed by atoms with Gasteiger partial charge in [0.15, 0.2) is 0 Å². The van der Waals surface area contributed by atoms with Crippen LogP contribution in [0.1, 0.15) is 39.5 Å². The molecule has 2 atom stereocenters. The van der Waals surface area contributed by atoms with Crippen LogP contribution in [0.2, 0.25) is 0 Å². The minimum absolute atomic E-state index is 0.0202. The van der Waals surface area contributed by atoms with Crippen LogP contribution in [0.5, 0.6) is 0 Å². The molecule has 0 spiro atoms. The maximum Gasteiger partial charge on any atom is 0.214 e. The highest BCUT2D eigenvalue weighted by molar-refractivity contribution is 7.90. The zero-order valence-corrected chi connectivity index (χ0v) is 13.5. The van der Waals surface area contributed by atoms with Crippen LogP contribution in [0.25, 0.3) is 0 Å². The highest BCUT2D eigenvalue weighted by Gasteiger charge is 2.29. The van der Waals surface area contributed by atoms with Gasteiger partial charge in [0.1, 0.15) is 0 Å². The van der Waals surface area contributed by atoms with Crippen molar-refractivity contribution < 1.29 is 13.2 Å². The van der Waals surface area contributed by atoms with E-state index in [1.165, 1.54) is 12.8 Å². The first kappa shape index (κ1) is 16.2. The maximum atomic E-state index is 12.3. The summed E-state index contributed by atoms with van der Waals surface area (Å²) in [6.07, 6.45) is 3.74. The van der Waals surface area contributed by atoms with E-state index in [1.54, 1.807) is 0 Å². The first-order valence-electron chi connectivity index (χ1n) is 7.78. The average Bonchev–Trinajstić information content (AvgIpc) is 2.39. The molecule has 0 aromatic rings. The number of likely N-dealkylation sites (tertiary alicyclic amines) is 1. The Hall–Kier alpha value is -0.170. The van der Waals surface area contributed by atoms with Crippen molar-refractivity contribution in [1.29, 1.82) is 0 Å². The van der Waals surface area contributed by atoms with E-state index in [1.807, 2.05) is 6.92 Å². The van der Waals surface area contributed by atoms with Crippen LogP contribution in [0.15, 0.2) is 0 Å². The van der Waals surface area contributed by atoms with Gasteiger partial charge < -0.3 is 9.64 Å². The molecule has 2 fully saturated rings. The third-order valence-electron chi connectivity index (χ3n) is 4.25. The zero-order chi connectivity index (χ0) is 14.6. The van der Waals surface area contributed by atoms with Gasteiger partial charge in [0, 0.05) is 32.3 Å². The second-order valence-corrected chi connectivity index (χ2v) is 8.38. The average molecular weight is 304 g/mol. The van der Waals surface area contributed by atoms with E-state index in [0.717, 1.165) is 25.6 Å².